The zero-order chi connectivity index (χ0) is 14.6. The number of thioether (sulfide) groups is 1. The predicted molar refractivity (Wildman–Crippen MR) is 87.1 cm³/mol. The van der Waals surface area contributed by atoms with Gasteiger partial charge in [0.2, 0.25) is 0 Å². The molecule has 0 amide bonds. The van der Waals surface area contributed by atoms with Crippen LogP contribution in [-0.2, 0) is 5.41 Å². The smallest absolute Gasteiger partial charge is 0.186 e. The molecule has 1 aromatic heterocycles. The number of rotatable bonds is 6. The maximum absolute atomic E-state index is 11.2. The first kappa shape index (κ1) is 16.5. The molecule has 0 aliphatic rings. The molecule has 1 rings (SSSR count). The van der Waals surface area contributed by atoms with E-state index in [2.05, 4.69) is 45.9 Å². The van der Waals surface area contributed by atoms with Gasteiger partial charge in [-0.1, -0.05) is 39.0 Å². The van der Waals surface area contributed by atoms with Crippen LogP contribution in [0.15, 0.2) is 0 Å². The lowest BCUT2D eigenvalue weighted by molar-refractivity contribution is 0.112. The number of aldehydes is 1. The maximum Gasteiger partial charge on any atom is 0.186 e. The molecule has 0 radical (unpaired) electrons. The number of aromatic nitrogens is 1. The van der Waals surface area contributed by atoms with E-state index in [1.807, 2.05) is 11.8 Å². The number of carbonyl (C=O) groups excluding carboxylic acids is 1. The average molecular weight is 300 g/mol. The third-order valence-electron chi connectivity index (χ3n) is 3.14. The predicted octanol–water partition coefficient (Wildman–Crippen LogP) is 3.83. The van der Waals surface area contributed by atoms with E-state index >= 15 is 0 Å². The van der Waals surface area contributed by atoms with E-state index in [9.17, 15) is 4.79 Å². The summed E-state index contributed by atoms with van der Waals surface area (Å²) in [6, 6.07) is 0.466. The van der Waals surface area contributed by atoms with E-state index in [4.69, 9.17) is 4.98 Å². The highest BCUT2D eigenvalue weighted by Gasteiger charge is 2.25. The summed E-state index contributed by atoms with van der Waals surface area (Å²) >= 11 is 3.35. The van der Waals surface area contributed by atoms with Crippen LogP contribution in [0.25, 0.3) is 0 Å². The number of anilines is 1. The zero-order valence-corrected chi connectivity index (χ0v) is 14.3. The molecule has 5 heteroatoms. The van der Waals surface area contributed by atoms with Crippen LogP contribution in [0.2, 0.25) is 0 Å². The van der Waals surface area contributed by atoms with E-state index in [1.165, 1.54) is 11.3 Å². The van der Waals surface area contributed by atoms with Gasteiger partial charge in [0.15, 0.2) is 11.4 Å². The van der Waals surface area contributed by atoms with Crippen LogP contribution in [0.3, 0.4) is 0 Å². The number of hydrogen-bond donors (Lipinski definition) is 0. The lowest BCUT2D eigenvalue weighted by Gasteiger charge is -2.26. The van der Waals surface area contributed by atoms with Gasteiger partial charge in [-0.15, -0.1) is 0 Å². The van der Waals surface area contributed by atoms with Crippen LogP contribution in [-0.4, -0.2) is 36.4 Å². The van der Waals surface area contributed by atoms with Crippen molar-refractivity contribution in [3.05, 3.63) is 10.6 Å². The van der Waals surface area contributed by atoms with Crippen molar-refractivity contribution in [2.45, 2.75) is 45.6 Å². The standard InChI is InChI=1S/C14H24N2OS2/c1-7-10(9-18-6)16(5)13-15-12(14(2,3)4)11(8-17)19-13/h8,10H,7,9H2,1-6H3. The highest BCUT2D eigenvalue weighted by atomic mass is 32.2. The molecule has 0 N–H and O–H groups in total. The topological polar surface area (TPSA) is 33.2 Å². The highest BCUT2D eigenvalue weighted by molar-refractivity contribution is 7.98. The van der Waals surface area contributed by atoms with Crippen molar-refractivity contribution in [3.8, 4) is 0 Å². The van der Waals surface area contributed by atoms with E-state index < -0.39 is 0 Å². The molecule has 0 saturated carbocycles. The summed E-state index contributed by atoms with van der Waals surface area (Å²) in [7, 11) is 2.07. The van der Waals surface area contributed by atoms with Gasteiger partial charge in [-0.25, -0.2) is 4.98 Å². The van der Waals surface area contributed by atoms with Gasteiger partial charge in [0.25, 0.3) is 0 Å². The second kappa shape index (κ2) is 6.75. The Bertz CT molecular complexity index is 424. The van der Waals surface area contributed by atoms with Crippen LogP contribution in [0.1, 0.15) is 49.5 Å². The average Bonchev–Trinajstić information content (AvgIpc) is 2.79. The first-order valence-electron chi connectivity index (χ1n) is 6.53. The van der Waals surface area contributed by atoms with Gasteiger partial charge < -0.3 is 4.90 Å². The van der Waals surface area contributed by atoms with Gasteiger partial charge in [-0.05, 0) is 12.7 Å². The summed E-state index contributed by atoms with van der Waals surface area (Å²) in [6.07, 6.45) is 4.14. The van der Waals surface area contributed by atoms with Gasteiger partial charge in [-0.3, -0.25) is 4.79 Å². The second-order valence-corrected chi connectivity index (χ2v) is 7.63. The third kappa shape index (κ3) is 3.96. The van der Waals surface area contributed by atoms with Crippen molar-refractivity contribution >= 4 is 34.5 Å². The van der Waals surface area contributed by atoms with Crippen molar-refractivity contribution in [1.82, 2.24) is 4.98 Å². The van der Waals surface area contributed by atoms with Crippen molar-refractivity contribution in [1.29, 1.82) is 0 Å². The van der Waals surface area contributed by atoms with Crippen molar-refractivity contribution in [3.63, 3.8) is 0 Å². The van der Waals surface area contributed by atoms with E-state index in [1.54, 1.807) is 0 Å². The van der Waals surface area contributed by atoms with Crippen molar-refractivity contribution in [2.24, 2.45) is 0 Å². The fraction of sp³-hybridized carbons (Fsp3) is 0.714. The highest BCUT2D eigenvalue weighted by Crippen LogP contribution is 2.33. The van der Waals surface area contributed by atoms with Gasteiger partial charge >= 0.3 is 0 Å². The fourth-order valence-electron chi connectivity index (χ4n) is 1.94. The Kier molecular flexibility index (Phi) is 5.86. The molecular formula is C14H24N2OS2. The summed E-state index contributed by atoms with van der Waals surface area (Å²) in [4.78, 5) is 18.9. The SMILES string of the molecule is CCC(CSC)N(C)c1nc(C(C)(C)C)c(C=O)s1. The van der Waals surface area contributed by atoms with Gasteiger partial charge in [0.1, 0.15) is 0 Å². The fourth-order valence-corrected chi connectivity index (χ4v) is 3.91. The molecule has 1 heterocycles. The lowest BCUT2D eigenvalue weighted by Crippen LogP contribution is -2.33. The molecule has 19 heavy (non-hydrogen) atoms. The van der Waals surface area contributed by atoms with E-state index in [-0.39, 0.29) is 5.41 Å². The van der Waals surface area contributed by atoms with Crippen LogP contribution in [0.5, 0.6) is 0 Å². The number of hydrogen-bond acceptors (Lipinski definition) is 5. The van der Waals surface area contributed by atoms with Gasteiger partial charge in [0, 0.05) is 24.3 Å². The molecule has 0 aliphatic carbocycles. The first-order chi connectivity index (χ1) is 8.85. The van der Waals surface area contributed by atoms with Crippen LogP contribution in [0.4, 0.5) is 5.13 Å². The Balaban J connectivity index is 3.08. The normalized spacial score (nSPS) is 13.4. The van der Waals surface area contributed by atoms with Gasteiger partial charge in [-0.2, -0.15) is 11.8 Å². The molecule has 0 saturated heterocycles. The Hall–Kier alpha value is -0.550. The minimum Gasteiger partial charge on any atom is -0.347 e. The second-order valence-electron chi connectivity index (χ2n) is 5.71. The maximum atomic E-state index is 11.2. The van der Waals surface area contributed by atoms with Crippen molar-refractivity contribution < 1.29 is 4.79 Å². The summed E-state index contributed by atoms with van der Waals surface area (Å²) in [5.41, 5.74) is 0.820. The van der Waals surface area contributed by atoms with Crippen LogP contribution >= 0.6 is 23.1 Å². The summed E-state index contributed by atoms with van der Waals surface area (Å²) in [5.74, 6) is 1.08. The summed E-state index contributed by atoms with van der Waals surface area (Å²) in [6.45, 7) is 8.48. The minimum atomic E-state index is -0.0902. The molecule has 0 spiro atoms. The molecule has 1 aromatic rings. The van der Waals surface area contributed by atoms with Crippen LogP contribution in [0, 0.1) is 0 Å². The zero-order valence-electron chi connectivity index (χ0n) is 12.7. The Labute approximate surface area is 124 Å². The Morgan fingerprint density at radius 2 is 2.11 bits per heavy atom. The van der Waals surface area contributed by atoms with E-state index in [0.717, 1.165) is 34.2 Å². The molecule has 0 aromatic carbocycles. The van der Waals surface area contributed by atoms with Crippen LogP contribution < -0.4 is 4.90 Å². The minimum absolute atomic E-state index is 0.0902. The largest absolute Gasteiger partial charge is 0.347 e. The number of nitrogens with zero attached hydrogens (tertiary/aromatic N) is 2. The molecule has 1 atom stereocenters. The van der Waals surface area contributed by atoms with Gasteiger partial charge in [0.05, 0.1) is 10.6 Å². The molecule has 3 nitrogen and oxygen atoms in total. The monoisotopic (exact) mass is 300 g/mol. The van der Waals surface area contributed by atoms with E-state index in [0.29, 0.717) is 6.04 Å². The van der Waals surface area contributed by atoms with Crippen molar-refractivity contribution in [2.75, 3.05) is 24.0 Å². The molecule has 1 unspecified atom stereocenters. The molecule has 108 valence electrons. The number of carbonyl (C=O) groups is 1. The number of thiazole rings is 1. The third-order valence-corrected chi connectivity index (χ3v) is 4.93. The Morgan fingerprint density at radius 1 is 1.47 bits per heavy atom. The summed E-state index contributed by atoms with van der Waals surface area (Å²) < 4.78 is 0. The molecule has 0 aliphatic heterocycles. The quantitative estimate of drug-likeness (QED) is 0.748. The summed E-state index contributed by atoms with van der Waals surface area (Å²) in [5, 5.41) is 0.952. The first-order valence-corrected chi connectivity index (χ1v) is 8.74. The molecular weight excluding hydrogens is 276 g/mol. The molecule has 0 fully saturated rings. The Morgan fingerprint density at radius 3 is 2.47 bits per heavy atom. The lowest BCUT2D eigenvalue weighted by atomic mass is 9.91. The molecule has 0 bridgehead atoms.